The summed E-state index contributed by atoms with van der Waals surface area (Å²) >= 11 is 0. The fraction of sp³-hybridized carbons (Fsp3) is 0.667. The molecule has 0 aliphatic heterocycles. The fourth-order valence-corrected chi connectivity index (χ4v) is 0.111. The van der Waals surface area contributed by atoms with Gasteiger partial charge in [-0.05, 0) is 7.05 Å². The van der Waals surface area contributed by atoms with E-state index in [0.29, 0.717) is 6.67 Å². The van der Waals surface area contributed by atoms with Gasteiger partial charge in [0.25, 0.3) is 0 Å². The van der Waals surface area contributed by atoms with Gasteiger partial charge >= 0.3 is 0 Å². The summed E-state index contributed by atoms with van der Waals surface area (Å²) in [5.74, 6) is 0. The van der Waals surface area contributed by atoms with Crippen LogP contribution in [0.15, 0.2) is 4.99 Å². The van der Waals surface area contributed by atoms with Crippen molar-refractivity contribution in [2.75, 3.05) is 13.7 Å². The molecule has 0 aliphatic carbocycles. The Hall–Kier alpha value is -0.660. The lowest BCUT2D eigenvalue weighted by molar-refractivity contribution is 0.562. The maximum atomic E-state index is 9.23. The summed E-state index contributed by atoms with van der Waals surface area (Å²) in [6, 6.07) is 0. The van der Waals surface area contributed by atoms with Crippen LogP contribution in [0.1, 0.15) is 0 Å². The van der Waals surface area contributed by atoms with Crippen LogP contribution in [-0.2, 0) is 4.79 Å². The van der Waals surface area contributed by atoms with Gasteiger partial charge in [0.15, 0.2) is 0 Å². The van der Waals surface area contributed by atoms with Crippen molar-refractivity contribution in [1.29, 1.82) is 0 Å². The summed E-state index contributed by atoms with van der Waals surface area (Å²) in [6.07, 6.45) is 1.38. The monoisotopic (exact) mass is 86.0 g/mol. The highest BCUT2D eigenvalue weighted by Crippen LogP contribution is 1.48. The van der Waals surface area contributed by atoms with E-state index in [9.17, 15) is 4.79 Å². The van der Waals surface area contributed by atoms with Crippen molar-refractivity contribution in [1.82, 2.24) is 5.32 Å². The SMILES string of the molecule is CNCN=C=O. The summed E-state index contributed by atoms with van der Waals surface area (Å²) in [4.78, 5) is 12.4. The van der Waals surface area contributed by atoms with Crippen molar-refractivity contribution in [2.24, 2.45) is 4.99 Å². The van der Waals surface area contributed by atoms with Crippen LogP contribution in [0.2, 0.25) is 0 Å². The fourth-order valence-electron chi connectivity index (χ4n) is 0.111. The predicted octanol–water partition coefficient (Wildman–Crippen LogP) is -0.501. The van der Waals surface area contributed by atoms with E-state index in [4.69, 9.17) is 0 Å². The number of isocyanates is 1. The van der Waals surface area contributed by atoms with Gasteiger partial charge in [-0.25, -0.2) is 4.79 Å². The Morgan fingerprint density at radius 3 is 2.83 bits per heavy atom. The molecule has 0 radical (unpaired) electrons. The number of hydrogen-bond donors (Lipinski definition) is 1. The van der Waals surface area contributed by atoms with Gasteiger partial charge in [-0.1, -0.05) is 0 Å². The topological polar surface area (TPSA) is 41.5 Å². The molecule has 0 fully saturated rings. The van der Waals surface area contributed by atoms with Gasteiger partial charge in [-0.2, -0.15) is 4.99 Å². The zero-order chi connectivity index (χ0) is 4.83. The maximum Gasteiger partial charge on any atom is 0.236 e. The van der Waals surface area contributed by atoms with Crippen LogP contribution in [0.4, 0.5) is 0 Å². The zero-order valence-corrected chi connectivity index (χ0v) is 3.56. The van der Waals surface area contributed by atoms with Crippen molar-refractivity contribution >= 4 is 6.08 Å². The second kappa shape index (κ2) is 4.34. The number of hydrogen-bond acceptors (Lipinski definition) is 3. The summed E-state index contributed by atoms with van der Waals surface area (Å²) in [7, 11) is 1.71. The molecule has 0 saturated carbocycles. The van der Waals surface area contributed by atoms with Crippen molar-refractivity contribution < 1.29 is 4.79 Å². The van der Waals surface area contributed by atoms with E-state index >= 15 is 0 Å². The quantitative estimate of drug-likeness (QED) is 0.363. The molecule has 0 saturated heterocycles. The van der Waals surface area contributed by atoms with Crippen LogP contribution < -0.4 is 5.32 Å². The lowest BCUT2D eigenvalue weighted by Gasteiger charge is -1.78. The van der Waals surface area contributed by atoms with Crippen LogP contribution >= 0.6 is 0 Å². The first-order valence-corrected chi connectivity index (χ1v) is 1.60. The molecule has 0 aromatic heterocycles. The van der Waals surface area contributed by atoms with E-state index < -0.39 is 0 Å². The molecule has 0 spiro atoms. The number of rotatable bonds is 2. The third kappa shape index (κ3) is 3.34. The van der Waals surface area contributed by atoms with Crippen LogP contribution in [0, 0.1) is 0 Å². The van der Waals surface area contributed by atoms with E-state index in [1.54, 1.807) is 7.05 Å². The van der Waals surface area contributed by atoms with Crippen molar-refractivity contribution in [3.8, 4) is 0 Å². The average molecular weight is 86.1 g/mol. The molecule has 3 heteroatoms. The van der Waals surface area contributed by atoms with E-state index in [0.717, 1.165) is 0 Å². The summed E-state index contributed by atoms with van der Waals surface area (Å²) in [5.41, 5.74) is 0. The first-order valence-electron chi connectivity index (χ1n) is 1.60. The molecule has 0 heterocycles. The third-order valence-electron chi connectivity index (χ3n) is 0.302. The number of nitrogens with zero attached hydrogens (tertiary/aromatic N) is 1. The van der Waals surface area contributed by atoms with Gasteiger partial charge in [-0.15, -0.1) is 0 Å². The molecule has 6 heavy (non-hydrogen) atoms. The Bertz CT molecular complexity index is 65.2. The van der Waals surface area contributed by atoms with Gasteiger partial charge in [0.05, 0.1) is 0 Å². The predicted molar refractivity (Wildman–Crippen MR) is 22.0 cm³/mol. The Kier molecular flexibility index (Phi) is 3.86. The van der Waals surface area contributed by atoms with E-state index in [2.05, 4.69) is 10.3 Å². The Balaban J connectivity index is 2.86. The van der Waals surface area contributed by atoms with Gasteiger partial charge in [0.1, 0.15) is 6.67 Å². The van der Waals surface area contributed by atoms with E-state index in [-0.39, 0.29) is 0 Å². The van der Waals surface area contributed by atoms with Gasteiger partial charge < -0.3 is 5.32 Å². The summed E-state index contributed by atoms with van der Waals surface area (Å²) in [6.45, 7) is 0.365. The van der Waals surface area contributed by atoms with Crippen LogP contribution in [-0.4, -0.2) is 19.8 Å². The van der Waals surface area contributed by atoms with Crippen molar-refractivity contribution in [3.63, 3.8) is 0 Å². The maximum absolute atomic E-state index is 9.23. The largest absolute Gasteiger partial charge is 0.301 e. The molecule has 34 valence electrons. The van der Waals surface area contributed by atoms with Crippen LogP contribution in [0.5, 0.6) is 0 Å². The van der Waals surface area contributed by atoms with Gasteiger partial charge in [0, 0.05) is 0 Å². The molecule has 3 nitrogen and oxygen atoms in total. The number of aliphatic imine (C=N–C) groups is 1. The average Bonchev–Trinajstić information content (AvgIpc) is 1.61. The smallest absolute Gasteiger partial charge is 0.236 e. The van der Waals surface area contributed by atoms with Gasteiger partial charge in [-0.3, -0.25) is 0 Å². The molecule has 0 rings (SSSR count). The molecule has 0 amide bonds. The Labute approximate surface area is 36.1 Å². The minimum absolute atomic E-state index is 0.365. The molecule has 0 aromatic carbocycles. The molecular formula is C3H6N2O. The minimum Gasteiger partial charge on any atom is -0.301 e. The highest BCUT2D eigenvalue weighted by molar-refractivity contribution is 5.32. The zero-order valence-electron chi connectivity index (χ0n) is 3.56. The molecule has 0 aromatic rings. The molecule has 0 atom stereocenters. The third-order valence-corrected chi connectivity index (χ3v) is 0.302. The van der Waals surface area contributed by atoms with Crippen LogP contribution in [0.25, 0.3) is 0 Å². The number of carbonyl (C=O) groups excluding carboxylic acids is 1. The first kappa shape index (κ1) is 5.34. The molecular weight excluding hydrogens is 80.0 g/mol. The van der Waals surface area contributed by atoms with Crippen LogP contribution in [0.3, 0.4) is 0 Å². The highest BCUT2D eigenvalue weighted by atomic mass is 16.1. The minimum atomic E-state index is 0.365. The Morgan fingerprint density at radius 1 is 2.00 bits per heavy atom. The molecule has 0 bridgehead atoms. The normalized spacial score (nSPS) is 6.83. The molecule has 0 unspecified atom stereocenters. The number of nitrogens with one attached hydrogen (secondary N) is 1. The van der Waals surface area contributed by atoms with E-state index in [1.165, 1.54) is 6.08 Å². The lowest BCUT2D eigenvalue weighted by atomic mass is 11.1. The van der Waals surface area contributed by atoms with Crippen molar-refractivity contribution in [2.45, 2.75) is 0 Å². The summed E-state index contributed by atoms with van der Waals surface area (Å²) in [5, 5.41) is 2.64. The molecule has 1 N–H and O–H groups in total. The van der Waals surface area contributed by atoms with Crippen molar-refractivity contribution in [3.05, 3.63) is 0 Å². The Morgan fingerprint density at radius 2 is 2.67 bits per heavy atom. The lowest BCUT2D eigenvalue weighted by Crippen LogP contribution is -2.03. The first-order chi connectivity index (χ1) is 2.91. The second-order valence-corrected chi connectivity index (χ2v) is 0.761. The second-order valence-electron chi connectivity index (χ2n) is 0.761. The van der Waals surface area contributed by atoms with Gasteiger partial charge in [0.2, 0.25) is 6.08 Å². The van der Waals surface area contributed by atoms with E-state index in [1.807, 2.05) is 0 Å². The highest BCUT2D eigenvalue weighted by Gasteiger charge is 1.61. The standard InChI is InChI=1S/C3H6N2O/c1-4-2-5-3-6/h4H,2H2,1H3. The summed E-state index contributed by atoms with van der Waals surface area (Å²) < 4.78 is 0. The molecule has 0 aliphatic rings.